The van der Waals surface area contributed by atoms with E-state index in [0.29, 0.717) is 18.9 Å². The van der Waals surface area contributed by atoms with E-state index in [4.69, 9.17) is 0 Å². The van der Waals surface area contributed by atoms with Crippen LogP contribution in [0.2, 0.25) is 0 Å². The second-order valence-corrected chi connectivity index (χ2v) is 11.5. The summed E-state index contributed by atoms with van der Waals surface area (Å²) in [5, 5.41) is 0. The fourth-order valence-corrected chi connectivity index (χ4v) is 6.12. The van der Waals surface area contributed by atoms with Crippen molar-refractivity contribution in [3.8, 4) is 0 Å². The van der Waals surface area contributed by atoms with Crippen molar-refractivity contribution in [1.82, 2.24) is 9.80 Å². The van der Waals surface area contributed by atoms with Gasteiger partial charge in [0.25, 0.3) is 0 Å². The Morgan fingerprint density at radius 3 is 2.22 bits per heavy atom. The maximum atomic E-state index is 14.5. The molecule has 0 unspecified atom stereocenters. The first kappa shape index (κ1) is 23.4. The lowest BCUT2D eigenvalue weighted by atomic mass is 9.83. The van der Waals surface area contributed by atoms with Crippen LogP contribution in [0, 0.1) is 0 Å². The fourth-order valence-electron chi connectivity index (χ4n) is 6.12. The predicted molar refractivity (Wildman–Crippen MR) is 133 cm³/mol. The Balaban J connectivity index is 1.62. The summed E-state index contributed by atoms with van der Waals surface area (Å²) in [7, 11) is 0. The minimum Gasteiger partial charge on any atom is -0.291 e. The number of likely N-dealkylation sites (tertiary alicyclic amines) is 2. The maximum absolute atomic E-state index is 14.5. The van der Waals surface area contributed by atoms with Crippen molar-refractivity contribution >= 4 is 0 Å². The van der Waals surface area contributed by atoms with Crippen LogP contribution in [0.5, 0.6) is 0 Å². The number of hydrogen-bond acceptors (Lipinski definition) is 2. The highest BCUT2D eigenvalue weighted by Gasteiger charge is 2.40. The van der Waals surface area contributed by atoms with Crippen molar-refractivity contribution in [1.29, 1.82) is 0 Å². The molecule has 0 aromatic heterocycles. The second-order valence-electron chi connectivity index (χ2n) is 11.5. The third kappa shape index (κ3) is 4.94. The van der Waals surface area contributed by atoms with Gasteiger partial charge in [0.2, 0.25) is 0 Å². The third-order valence-electron chi connectivity index (χ3n) is 7.65. The molecule has 2 heterocycles. The zero-order valence-corrected chi connectivity index (χ0v) is 20.7. The van der Waals surface area contributed by atoms with Crippen LogP contribution in [-0.4, -0.2) is 40.1 Å². The zero-order chi connectivity index (χ0) is 22.9. The summed E-state index contributed by atoms with van der Waals surface area (Å²) in [6.07, 6.45) is 4.00. The van der Waals surface area contributed by atoms with E-state index in [1.165, 1.54) is 36.1 Å². The molecule has 2 saturated heterocycles. The molecule has 0 bridgehead atoms. The topological polar surface area (TPSA) is 6.48 Å². The Labute approximate surface area is 194 Å². The van der Waals surface area contributed by atoms with E-state index in [0.717, 1.165) is 13.0 Å². The van der Waals surface area contributed by atoms with E-state index in [2.05, 4.69) is 92.9 Å². The van der Waals surface area contributed by atoms with Gasteiger partial charge in [-0.3, -0.25) is 9.80 Å². The molecule has 0 spiro atoms. The Hall–Kier alpha value is -1.71. The Kier molecular flexibility index (Phi) is 6.79. The van der Waals surface area contributed by atoms with Gasteiger partial charge in [0, 0.05) is 29.7 Å². The molecule has 0 N–H and O–H groups in total. The molecule has 2 aliphatic rings. The van der Waals surface area contributed by atoms with Gasteiger partial charge in [-0.2, -0.15) is 0 Å². The van der Waals surface area contributed by atoms with E-state index in [1.54, 1.807) is 0 Å². The molecular weight excluding hydrogens is 395 g/mol. The van der Waals surface area contributed by atoms with Crippen molar-refractivity contribution in [2.45, 2.75) is 96.1 Å². The fraction of sp³-hybridized carbons (Fsp3) is 0.586. The molecule has 3 heteroatoms. The van der Waals surface area contributed by atoms with E-state index in [9.17, 15) is 4.39 Å². The smallest absolute Gasteiger partial charge is 0.103 e. The molecular formula is C29H41FN2. The molecule has 3 atom stereocenters. The lowest BCUT2D eigenvalue weighted by molar-refractivity contribution is 0.00971. The first-order valence-electron chi connectivity index (χ1n) is 12.5. The number of alkyl halides is 1. The zero-order valence-electron chi connectivity index (χ0n) is 20.7. The van der Waals surface area contributed by atoms with Gasteiger partial charge < -0.3 is 0 Å². The Bertz CT molecular complexity index is 886. The van der Waals surface area contributed by atoms with Gasteiger partial charge in [0.1, 0.15) is 6.17 Å². The van der Waals surface area contributed by atoms with Crippen LogP contribution < -0.4 is 0 Å². The molecule has 4 rings (SSSR count). The molecule has 0 aliphatic carbocycles. The SMILES string of the molecule is CC(C)(C)N1CCC[C@H]1c1ccccc1CC(C)(C)N1CC[C@H](F)C[C@H]1c1ccccc1. The highest BCUT2D eigenvalue weighted by atomic mass is 19.1. The molecule has 2 nitrogen and oxygen atoms in total. The first-order chi connectivity index (χ1) is 15.2. The lowest BCUT2D eigenvalue weighted by Crippen LogP contribution is -2.51. The monoisotopic (exact) mass is 436 g/mol. The van der Waals surface area contributed by atoms with Gasteiger partial charge in [0.05, 0.1) is 0 Å². The number of hydrogen-bond donors (Lipinski definition) is 0. The van der Waals surface area contributed by atoms with Crippen LogP contribution >= 0.6 is 0 Å². The average Bonchev–Trinajstić information content (AvgIpc) is 3.25. The number of rotatable bonds is 5. The summed E-state index contributed by atoms with van der Waals surface area (Å²) in [6, 6.07) is 20.2. The first-order valence-corrected chi connectivity index (χ1v) is 12.5. The molecule has 0 radical (unpaired) electrons. The number of halogens is 1. The standard InChI is InChI=1S/C29H41FN2/c1-28(2,3)31-18-11-16-26(31)25-15-10-9-14-23(25)21-29(4,5)32-19-17-24(30)20-27(32)22-12-7-6-8-13-22/h6-10,12-15,24,26-27H,11,16-21H2,1-5H3/t24-,26-,27-/m0/s1. The maximum Gasteiger partial charge on any atom is 0.103 e. The Morgan fingerprint density at radius 2 is 1.50 bits per heavy atom. The van der Waals surface area contributed by atoms with Crippen molar-refractivity contribution in [3.63, 3.8) is 0 Å². The second kappa shape index (κ2) is 9.27. The van der Waals surface area contributed by atoms with Gasteiger partial charge in [-0.05, 0) is 90.0 Å². The summed E-state index contributed by atoms with van der Waals surface area (Å²) >= 11 is 0. The summed E-state index contributed by atoms with van der Waals surface area (Å²) in [5.74, 6) is 0. The van der Waals surface area contributed by atoms with Crippen LogP contribution in [0.3, 0.4) is 0 Å². The van der Waals surface area contributed by atoms with Crippen molar-refractivity contribution in [2.75, 3.05) is 13.1 Å². The minimum atomic E-state index is -0.710. The highest BCUT2D eigenvalue weighted by molar-refractivity contribution is 5.33. The third-order valence-corrected chi connectivity index (χ3v) is 7.65. The van der Waals surface area contributed by atoms with Crippen LogP contribution in [0.15, 0.2) is 54.6 Å². The van der Waals surface area contributed by atoms with Gasteiger partial charge in [-0.15, -0.1) is 0 Å². The molecule has 2 aliphatic heterocycles. The van der Waals surface area contributed by atoms with Crippen LogP contribution in [0.25, 0.3) is 0 Å². The Morgan fingerprint density at radius 1 is 0.812 bits per heavy atom. The lowest BCUT2D eigenvalue weighted by Gasteiger charge is -2.48. The summed E-state index contributed by atoms with van der Waals surface area (Å²) in [6.45, 7) is 13.7. The van der Waals surface area contributed by atoms with Crippen LogP contribution in [-0.2, 0) is 6.42 Å². The van der Waals surface area contributed by atoms with Crippen molar-refractivity contribution < 1.29 is 4.39 Å². The average molecular weight is 437 g/mol. The van der Waals surface area contributed by atoms with Crippen LogP contribution in [0.4, 0.5) is 4.39 Å². The van der Waals surface area contributed by atoms with E-state index in [-0.39, 0.29) is 17.1 Å². The van der Waals surface area contributed by atoms with Gasteiger partial charge >= 0.3 is 0 Å². The number of benzene rings is 2. The minimum absolute atomic E-state index is 0.0537. The molecule has 2 aromatic rings. The summed E-state index contributed by atoms with van der Waals surface area (Å²) in [4.78, 5) is 5.26. The molecule has 2 aromatic carbocycles. The van der Waals surface area contributed by atoms with Crippen molar-refractivity contribution in [2.24, 2.45) is 0 Å². The largest absolute Gasteiger partial charge is 0.291 e. The van der Waals surface area contributed by atoms with Gasteiger partial charge in [-0.25, -0.2) is 4.39 Å². The van der Waals surface area contributed by atoms with E-state index < -0.39 is 6.17 Å². The predicted octanol–water partition coefficient (Wildman–Crippen LogP) is 7.12. The number of piperidine rings is 1. The molecule has 0 saturated carbocycles. The van der Waals surface area contributed by atoms with E-state index >= 15 is 0 Å². The summed E-state index contributed by atoms with van der Waals surface area (Å²) < 4.78 is 14.5. The normalized spacial score (nSPS) is 25.9. The van der Waals surface area contributed by atoms with E-state index in [1.807, 2.05) is 6.07 Å². The molecule has 2 fully saturated rings. The number of nitrogens with zero attached hydrogens (tertiary/aromatic N) is 2. The quantitative estimate of drug-likeness (QED) is 0.492. The van der Waals surface area contributed by atoms with Crippen LogP contribution in [0.1, 0.15) is 89.1 Å². The van der Waals surface area contributed by atoms with Gasteiger partial charge in [0.15, 0.2) is 0 Å². The van der Waals surface area contributed by atoms with Crippen molar-refractivity contribution in [3.05, 3.63) is 71.3 Å². The molecule has 174 valence electrons. The summed E-state index contributed by atoms with van der Waals surface area (Å²) in [5.41, 5.74) is 4.30. The molecule has 32 heavy (non-hydrogen) atoms. The molecule has 0 amide bonds. The van der Waals surface area contributed by atoms with Gasteiger partial charge in [-0.1, -0.05) is 54.6 Å². The highest BCUT2D eigenvalue weighted by Crippen LogP contribution is 2.42.